The minimum atomic E-state index is 0.452. The van der Waals surface area contributed by atoms with E-state index in [9.17, 15) is 0 Å². The third kappa shape index (κ3) is 2.44. The van der Waals surface area contributed by atoms with Crippen molar-refractivity contribution in [3.8, 4) is 0 Å². The smallest absolute Gasteiger partial charge is 0.0406 e. The molecule has 0 atom stereocenters. The lowest BCUT2D eigenvalue weighted by Gasteiger charge is -2.43. The average Bonchev–Trinajstić information content (AvgIpc) is 3.13. The monoisotopic (exact) mass is 263 g/mol. The summed E-state index contributed by atoms with van der Waals surface area (Å²) in [7, 11) is 2.28. The number of hydrogen-bond donors (Lipinski definition) is 0. The quantitative estimate of drug-likeness (QED) is 0.768. The number of rotatable bonds is 5. The third-order valence-electron chi connectivity index (χ3n) is 4.88. The van der Waals surface area contributed by atoms with E-state index >= 15 is 0 Å². The molecule has 2 saturated carbocycles. The van der Waals surface area contributed by atoms with E-state index in [4.69, 9.17) is 11.6 Å². The van der Waals surface area contributed by atoms with Gasteiger partial charge in [0.05, 0.1) is 0 Å². The molecule has 0 unspecified atom stereocenters. The summed E-state index contributed by atoms with van der Waals surface area (Å²) in [4.78, 5) is 2.55. The van der Waals surface area contributed by atoms with Gasteiger partial charge in [-0.3, -0.25) is 0 Å². The number of halogens is 1. The van der Waals surface area contributed by atoms with E-state index in [1.165, 1.54) is 50.6 Å². The van der Waals surface area contributed by atoms with Gasteiger partial charge in [0.2, 0.25) is 0 Å². The fraction of sp³-hybridized carbons (Fsp3) is 0.625. The second kappa shape index (κ2) is 4.86. The summed E-state index contributed by atoms with van der Waals surface area (Å²) in [6.07, 6.45) is 8.21. The highest BCUT2D eigenvalue weighted by atomic mass is 35.5. The molecule has 98 valence electrons. The molecule has 0 amide bonds. The van der Waals surface area contributed by atoms with E-state index in [0.29, 0.717) is 5.41 Å². The maximum atomic E-state index is 5.99. The number of benzene rings is 1. The molecule has 2 aliphatic rings. The standard InChI is InChI=1S/C16H22ClN/c1-18(15-7-8-15)12-11-16(9-2-10-16)13-3-5-14(17)6-4-13/h3-6,15H,2,7-12H2,1H3. The number of nitrogens with zero attached hydrogens (tertiary/aromatic N) is 1. The highest BCUT2D eigenvalue weighted by Gasteiger charge is 2.39. The molecule has 0 saturated heterocycles. The van der Waals surface area contributed by atoms with Crippen molar-refractivity contribution < 1.29 is 0 Å². The second-order valence-electron chi connectivity index (χ2n) is 6.10. The van der Waals surface area contributed by atoms with Crippen molar-refractivity contribution in [1.82, 2.24) is 4.90 Å². The minimum absolute atomic E-state index is 0.452. The summed E-state index contributed by atoms with van der Waals surface area (Å²) in [5.74, 6) is 0. The molecular weight excluding hydrogens is 242 g/mol. The van der Waals surface area contributed by atoms with Crippen LogP contribution in [0.3, 0.4) is 0 Å². The molecule has 1 aromatic rings. The molecular formula is C16H22ClN. The van der Waals surface area contributed by atoms with Crippen molar-refractivity contribution in [3.05, 3.63) is 34.9 Å². The Morgan fingerprint density at radius 2 is 1.89 bits per heavy atom. The molecule has 1 nitrogen and oxygen atoms in total. The van der Waals surface area contributed by atoms with Crippen LogP contribution in [0.5, 0.6) is 0 Å². The molecule has 0 heterocycles. The molecule has 0 aliphatic heterocycles. The molecule has 0 spiro atoms. The minimum Gasteiger partial charge on any atom is -0.303 e. The zero-order valence-electron chi connectivity index (χ0n) is 11.2. The summed E-state index contributed by atoms with van der Waals surface area (Å²) < 4.78 is 0. The van der Waals surface area contributed by atoms with Crippen molar-refractivity contribution >= 4 is 11.6 Å². The Labute approximate surface area is 115 Å². The lowest BCUT2D eigenvalue weighted by molar-refractivity contribution is 0.188. The van der Waals surface area contributed by atoms with Gasteiger partial charge in [-0.2, -0.15) is 0 Å². The first-order valence-electron chi connectivity index (χ1n) is 7.16. The normalized spacial score (nSPS) is 21.9. The van der Waals surface area contributed by atoms with E-state index in [1.807, 2.05) is 12.1 Å². The second-order valence-corrected chi connectivity index (χ2v) is 6.54. The van der Waals surface area contributed by atoms with E-state index in [0.717, 1.165) is 11.1 Å². The first kappa shape index (κ1) is 12.5. The van der Waals surface area contributed by atoms with Crippen molar-refractivity contribution in [2.45, 2.75) is 50.0 Å². The molecule has 2 fully saturated rings. The van der Waals surface area contributed by atoms with Crippen LogP contribution in [0.4, 0.5) is 0 Å². The lowest BCUT2D eigenvalue weighted by atomic mass is 9.62. The first-order chi connectivity index (χ1) is 8.70. The highest BCUT2D eigenvalue weighted by Crippen LogP contribution is 2.47. The van der Waals surface area contributed by atoms with E-state index < -0.39 is 0 Å². The summed E-state index contributed by atoms with van der Waals surface area (Å²) in [6.45, 7) is 1.24. The van der Waals surface area contributed by atoms with Crippen molar-refractivity contribution in [3.63, 3.8) is 0 Å². The predicted molar refractivity (Wildman–Crippen MR) is 77.3 cm³/mol. The van der Waals surface area contributed by atoms with E-state index in [-0.39, 0.29) is 0 Å². The Balaban J connectivity index is 1.67. The summed E-state index contributed by atoms with van der Waals surface area (Å²) in [6, 6.07) is 9.44. The van der Waals surface area contributed by atoms with Crippen LogP contribution in [0, 0.1) is 0 Å². The fourth-order valence-corrected chi connectivity index (χ4v) is 3.30. The first-order valence-corrected chi connectivity index (χ1v) is 7.54. The van der Waals surface area contributed by atoms with Gasteiger partial charge >= 0.3 is 0 Å². The van der Waals surface area contributed by atoms with Crippen molar-refractivity contribution in [1.29, 1.82) is 0 Å². The molecule has 0 bridgehead atoms. The zero-order chi connectivity index (χ0) is 12.6. The zero-order valence-corrected chi connectivity index (χ0v) is 11.9. The Morgan fingerprint density at radius 3 is 2.39 bits per heavy atom. The topological polar surface area (TPSA) is 3.24 Å². The summed E-state index contributed by atoms with van der Waals surface area (Å²) >= 11 is 5.99. The van der Waals surface area contributed by atoms with Gasteiger partial charge in [0.25, 0.3) is 0 Å². The van der Waals surface area contributed by atoms with Gasteiger partial charge in [-0.15, -0.1) is 0 Å². The lowest BCUT2D eigenvalue weighted by Crippen LogP contribution is -2.38. The molecule has 0 aromatic heterocycles. The van der Waals surface area contributed by atoms with Crippen LogP contribution in [0.2, 0.25) is 5.02 Å². The number of hydrogen-bond acceptors (Lipinski definition) is 1. The maximum absolute atomic E-state index is 5.99. The van der Waals surface area contributed by atoms with Crippen LogP contribution < -0.4 is 0 Å². The van der Waals surface area contributed by atoms with Crippen LogP contribution >= 0.6 is 11.6 Å². The largest absolute Gasteiger partial charge is 0.303 e. The fourth-order valence-electron chi connectivity index (χ4n) is 3.18. The average molecular weight is 264 g/mol. The molecule has 0 N–H and O–H groups in total. The Hall–Kier alpha value is -0.530. The molecule has 3 rings (SSSR count). The van der Waals surface area contributed by atoms with Gasteiger partial charge in [-0.1, -0.05) is 30.2 Å². The van der Waals surface area contributed by atoms with Gasteiger partial charge in [-0.05, 0) is 68.8 Å². The Kier molecular flexibility index (Phi) is 3.38. The molecule has 2 aliphatic carbocycles. The van der Waals surface area contributed by atoms with Crippen molar-refractivity contribution in [2.75, 3.05) is 13.6 Å². The molecule has 0 radical (unpaired) electrons. The summed E-state index contributed by atoms with van der Waals surface area (Å²) in [5, 5.41) is 0.850. The predicted octanol–water partition coefficient (Wildman–Crippen LogP) is 4.25. The van der Waals surface area contributed by atoms with Crippen LogP contribution in [-0.2, 0) is 5.41 Å². The molecule has 18 heavy (non-hydrogen) atoms. The summed E-state index contributed by atoms with van der Waals surface area (Å²) in [5.41, 5.74) is 1.95. The Bertz CT molecular complexity index is 404. The maximum Gasteiger partial charge on any atom is 0.0406 e. The van der Waals surface area contributed by atoms with Gasteiger partial charge < -0.3 is 4.90 Å². The van der Waals surface area contributed by atoms with Gasteiger partial charge in [-0.25, -0.2) is 0 Å². The SMILES string of the molecule is CN(CCC1(c2ccc(Cl)cc2)CCC1)C1CC1. The van der Waals surface area contributed by atoms with Crippen LogP contribution in [-0.4, -0.2) is 24.5 Å². The van der Waals surface area contributed by atoms with Gasteiger partial charge in [0.1, 0.15) is 0 Å². The molecule has 1 aromatic carbocycles. The van der Waals surface area contributed by atoms with Crippen LogP contribution in [0.1, 0.15) is 44.1 Å². The van der Waals surface area contributed by atoms with E-state index in [2.05, 4.69) is 24.1 Å². The van der Waals surface area contributed by atoms with Gasteiger partial charge in [0, 0.05) is 11.1 Å². The highest BCUT2D eigenvalue weighted by molar-refractivity contribution is 6.30. The van der Waals surface area contributed by atoms with Gasteiger partial charge in [0.15, 0.2) is 0 Å². The van der Waals surface area contributed by atoms with Crippen LogP contribution in [0.15, 0.2) is 24.3 Å². The third-order valence-corrected chi connectivity index (χ3v) is 5.13. The molecule has 2 heteroatoms. The Morgan fingerprint density at radius 1 is 1.22 bits per heavy atom. The van der Waals surface area contributed by atoms with Crippen LogP contribution in [0.25, 0.3) is 0 Å². The van der Waals surface area contributed by atoms with E-state index in [1.54, 1.807) is 0 Å². The van der Waals surface area contributed by atoms with Crippen molar-refractivity contribution in [2.24, 2.45) is 0 Å².